The normalized spacial score (nSPS) is 13.1. The minimum atomic E-state index is -0.282. The molecule has 1 N–H and O–H groups in total. The van der Waals surface area contributed by atoms with Gasteiger partial charge in [0, 0.05) is 0 Å². The van der Waals surface area contributed by atoms with Crippen molar-refractivity contribution in [1.82, 2.24) is 5.32 Å². The van der Waals surface area contributed by atoms with Gasteiger partial charge in [-0.05, 0) is 30.9 Å². The van der Waals surface area contributed by atoms with Gasteiger partial charge in [0.05, 0.1) is 6.61 Å². The Morgan fingerprint density at radius 3 is 2.47 bits per heavy atom. The number of likely N-dealkylation sites (N-methyl/N-ethyl adjacent to an activating group) is 1. The zero-order valence-electron chi connectivity index (χ0n) is 12.4. The molecular weight excluding hydrogens is 238 g/mol. The van der Waals surface area contributed by atoms with Gasteiger partial charge in [0.15, 0.2) is 0 Å². The summed E-state index contributed by atoms with van der Waals surface area (Å²) in [6.45, 7) is 6.78. The Bertz CT molecular complexity index is 387. The molecule has 0 saturated carbocycles. The maximum atomic E-state index is 12.1. The van der Waals surface area contributed by atoms with Crippen LogP contribution < -0.4 is 5.32 Å². The van der Waals surface area contributed by atoms with Crippen LogP contribution in [-0.2, 0) is 16.0 Å². The Labute approximate surface area is 116 Å². The van der Waals surface area contributed by atoms with Crippen LogP contribution in [0.3, 0.4) is 0 Å². The molecule has 1 rings (SSSR count). The summed E-state index contributed by atoms with van der Waals surface area (Å²) in [5, 5.41) is 3.03. The molecule has 0 aliphatic heterocycles. The number of hydrogen-bond acceptors (Lipinski definition) is 3. The van der Waals surface area contributed by atoms with Crippen LogP contribution in [0.1, 0.15) is 32.8 Å². The Kier molecular flexibility index (Phi) is 6.03. The van der Waals surface area contributed by atoms with E-state index in [1.807, 2.05) is 30.3 Å². The summed E-state index contributed by atoms with van der Waals surface area (Å²) < 4.78 is 5.42. The molecule has 0 bridgehead atoms. The molecule has 3 nitrogen and oxygen atoms in total. The highest BCUT2D eigenvalue weighted by Gasteiger charge is 2.22. The average Bonchev–Trinajstić information content (AvgIpc) is 2.43. The summed E-state index contributed by atoms with van der Waals surface area (Å²) in [5.74, 6) is -0.173. The minimum absolute atomic E-state index is 0.0424. The van der Waals surface area contributed by atoms with Crippen molar-refractivity contribution in [2.24, 2.45) is 5.41 Å². The topological polar surface area (TPSA) is 38.3 Å². The fourth-order valence-corrected chi connectivity index (χ4v) is 1.62. The van der Waals surface area contributed by atoms with Gasteiger partial charge in [0.25, 0.3) is 0 Å². The predicted octanol–water partition coefficient (Wildman–Crippen LogP) is 2.80. The van der Waals surface area contributed by atoms with E-state index in [9.17, 15) is 4.79 Å². The molecule has 1 atom stereocenters. The summed E-state index contributed by atoms with van der Waals surface area (Å²) in [6, 6.07) is 9.69. The van der Waals surface area contributed by atoms with Crippen LogP contribution in [0.2, 0.25) is 0 Å². The Morgan fingerprint density at radius 1 is 1.32 bits per heavy atom. The number of ether oxygens (including phenoxy) is 1. The predicted molar refractivity (Wildman–Crippen MR) is 78.0 cm³/mol. The zero-order valence-corrected chi connectivity index (χ0v) is 12.4. The first-order valence-corrected chi connectivity index (χ1v) is 6.86. The van der Waals surface area contributed by atoms with Gasteiger partial charge >= 0.3 is 5.97 Å². The number of carbonyl (C=O) groups excluding carboxylic acids is 1. The van der Waals surface area contributed by atoms with Gasteiger partial charge in [-0.15, -0.1) is 0 Å². The van der Waals surface area contributed by atoms with Crippen LogP contribution in [-0.4, -0.2) is 25.7 Å². The third kappa shape index (κ3) is 5.43. The highest BCUT2D eigenvalue weighted by molar-refractivity contribution is 5.76. The first kappa shape index (κ1) is 15.7. The number of carbonyl (C=O) groups is 1. The van der Waals surface area contributed by atoms with Gasteiger partial charge < -0.3 is 10.1 Å². The first-order chi connectivity index (χ1) is 8.98. The molecular formula is C16H25NO2. The van der Waals surface area contributed by atoms with Crippen molar-refractivity contribution in [3.63, 3.8) is 0 Å². The highest BCUT2D eigenvalue weighted by atomic mass is 16.5. The van der Waals surface area contributed by atoms with E-state index in [1.54, 1.807) is 7.05 Å². The molecule has 0 heterocycles. The van der Waals surface area contributed by atoms with Gasteiger partial charge in [0.2, 0.25) is 0 Å². The second-order valence-electron chi connectivity index (χ2n) is 5.66. The largest absolute Gasteiger partial charge is 0.464 e. The summed E-state index contributed by atoms with van der Waals surface area (Å²) >= 11 is 0. The van der Waals surface area contributed by atoms with Crippen molar-refractivity contribution in [1.29, 1.82) is 0 Å². The van der Waals surface area contributed by atoms with Crippen LogP contribution in [0.15, 0.2) is 30.3 Å². The average molecular weight is 263 g/mol. The quantitative estimate of drug-likeness (QED) is 0.769. The van der Waals surface area contributed by atoms with Crippen molar-refractivity contribution in [3.05, 3.63) is 35.9 Å². The fraction of sp³-hybridized carbons (Fsp3) is 0.562. The van der Waals surface area contributed by atoms with E-state index in [4.69, 9.17) is 4.74 Å². The number of rotatable bonds is 7. The smallest absolute Gasteiger partial charge is 0.323 e. The molecule has 1 aromatic rings. The molecule has 19 heavy (non-hydrogen) atoms. The van der Waals surface area contributed by atoms with Crippen LogP contribution >= 0.6 is 0 Å². The molecule has 0 fully saturated rings. The fourth-order valence-electron chi connectivity index (χ4n) is 1.62. The van der Waals surface area contributed by atoms with E-state index < -0.39 is 0 Å². The maximum absolute atomic E-state index is 12.1. The van der Waals surface area contributed by atoms with Crippen LogP contribution in [0.5, 0.6) is 0 Å². The summed E-state index contributed by atoms with van der Waals surface area (Å²) in [7, 11) is 1.79. The van der Waals surface area contributed by atoms with Crippen LogP contribution in [0.4, 0.5) is 0 Å². The summed E-state index contributed by atoms with van der Waals surface area (Å²) in [4.78, 5) is 12.1. The lowest BCUT2D eigenvalue weighted by Crippen LogP contribution is -2.38. The summed E-state index contributed by atoms with van der Waals surface area (Å²) in [5.41, 5.74) is 1.18. The van der Waals surface area contributed by atoms with Crippen molar-refractivity contribution in [3.8, 4) is 0 Å². The highest BCUT2D eigenvalue weighted by Crippen LogP contribution is 2.20. The minimum Gasteiger partial charge on any atom is -0.464 e. The monoisotopic (exact) mass is 263 g/mol. The standard InChI is InChI=1S/C16H25NO2/c1-5-16(2,3)12-19-15(18)14(17-4)11-13-9-7-6-8-10-13/h6-10,14,17H,5,11-12H2,1-4H3. The van der Waals surface area contributed by atoms with Crippen LogP contribution in [0, 0.1) is 5.41 Å². The van der Waals surface area contributed by atoms with Gasteiger partial charge in [-0.2, -0.15) is 0 Å². The van der Waals surface area contributed by atoms with E-state index in [-0.39, 0.29) is 17.4 Å². The zero-order chi connectivity index (χ0) is 14.3. The van der Waals surface area contributed by atoms with Crippen molar-refractivity contribution in [2.75, 3.05) is 13.7 Å². The second kappa shape index (κ2) is 7.29. The SMILES string of the molecule is CCC(C)(C)COC(=O)C(Cc1ccccc1)NC. The van der Waals surface area contributed by atoms with Crippen molar-refractivity contribution in [2.45, 2.75) is 39.7 Å². The maximum Gasteiger partial charge on any atom is 0.323 e. The number of nitrogens with one attached hydrogen (secondary N) is 1. The Morgan fingerprint density at radius 2 is 1.95 bits per heavy atom. The van der Waals surface area contributed by atoms with Crippen molar-refractivity contribution >= 4 is 5.97 Å². The van der Waals surface area contributed by atoms with Gasteiger partial charge in [0.1, 0.15) is 6.04 Å². The molecule has 1 unspecified atom stereocenters. The lowest BCUT2D eigenvalue weighted by atomic mass is 9.92. The lowest BCUT2D eigenvalue weighted by Gasteiger charge is -2.24. The first-order valence-electron chi connectivity index (χ1n) is 6.86. The number of benzene rings is 1. The molecule has 0 aliphatic rings. The molecule has 0 spiro atoms. The Balaban J connectivity index is 2.53. The van der Waals surface area contributed by atoms with Gasteiger partial charge in [-0.1, -0.05) is 51.1 Å². The van der Waals surface area contributed by atoms with E-state index in [1.165, 1.54) is 0 Å². The van der Waals surface area contributed by atoms with Crippen molar-refractivity contribution < 1.29 is 9.53 Å². The third-order valence-corrected chi connectivity index (χ3v) is 3.48. The number of hydrogen-bond donors (Lipinski definition) is 1. The van der Waals surface area contributed by atoms with E-state index in [0.29, 0.717) is 13.0 Å². The number of esters is 1. The molecule has 106 valence electrons. The lowest BCUT2D eigenvalue weighted by molar-refractivity contribution is -0.149. The molecule has 1 aromatic carbocycles. The molecule has 0 aliphatic carbocycles. The molecule has 0 aromatic heterocycles. The van der Waals surface area contributed by atoms with Gasteiger partial charge in [-0.3, -0.25) is 4.79 Å². The summed E-state index contributed by atoms with van der Waals surface area (Å²) in [6.07, 6.45) is 1.64. The Hall–Kier alpha value is -1.35. The third-order valence-electron chi connectivity index (χ3n) is 3.48. The van der Waals surface area contributed by atoms with Crippen LogP contribution in [0.25, 0.3) is 0 Å². The van der Waals surface area contributed by atoms with E-state index in [2.05, 4.69) is 26.1 Å². The molecule has 0 radical (unpaired) electrons. The van der Waals surface area contributed by atoms with E-state index >= 15 is 0 Å². The van der Waals surface area contributed by atoms with Gasteiger partial charge in [-0.25, -0.2) is 0 Å². The molecule has 0 amide bonds. The van der Waals surface area contributed by atoms with E-state index in [0.717, 1.165) is 12.0 Å². The molecule has 3 heteroatoms. The second-order valence-corrected chi connectivity index (χ2v) is 5.66. The molecule has 0 saturated heterocycles.